The van der Waals surface area contributed by atoms with Crippen molar-refractivity contribution in [1.82, 2.24) is 5.32 Å². The smallest absolute Gasteiger partial charge is 0.252 e. The summed E-state index contributed by atoms with van der Waals surface area (Å²) < 4.78 is 4.89. The highest BCUT2D eigenvalue weighted by Crippen LogP contribution is 2.28. The number of amides is 2. The first-order chi connectivity index (χ1) is 11.6. The molecule has 1 aliphatic carbocycles. The van der Waals surface area contributed by atoms with Crippen LogP contribution in [-0.2, 0) is 9.53 Å². The monoisotopic (exact) mass is 352 g/mol. The molecule has 1 fully saturated rings. The second kappa shape index (κ2) is 9.64. The summed E-state index contributed by atoms with van der Waals surface area (Å²) >= 11 is 6.16. The Kier molecular flexibility index (Phi) is 7.53. The predicted molar refractivity (Wildman–Crippen MR) is 95.5 cm³/mol. The molecule has 0 aliphatic heterocycles. The second-order valence-electron chi connectivity index (χ2n) is 6.18. The molecular weight excluding hydrogens is 328 g/mol. The number of carbonyl (C=O) groups excluding carboxylic acids is 2. The quantitative estimate of drug-likeness (QED) is 0.702. The van der Waals surface area contributed by atoms with Gasteiger partial charge >= 0.3 is 0 Å². The van der Waals surface area contributed by atoms with E-state index in [-0.39, 0.29) is 11.8 Å². The average molecular weight is 353 g/mol. The van der Waals surface area contributed by atoms with Gasteiger partial charge < -0.3 is 15.4 Å². The highest BCUT2D eigenvalue weighted by molar-refractivity contribution is 6.34. The maximum atomic E-state index is 12.0. The normalized spacial score (nSPS) is 14.6. The van der Waals surface area contributed by atoms with Gasteiger partial charge in [-0.15, -0.1) is 0 Å². The van der Waals surface area contributed by atoms with Gasteiger partial charge in [-0.1, -0.05) is 37.3 Å². The van der Waals surface area contributed by atoms with Gasteiger partial charge in [-0.3, -0.25) is 9.59 Å². The minimum atomic E-state index is -0.254. The molecule has 6 heteroatoms. The maximum Gasteiger partial charge on any atom is 0.252 e. The number of ether oxygens (including phenoxy) is 1. The molecule has 0 atom stereocenters. The van der Waals surface area contributed by atoms with Crippen LogP contribution in [0.25, 0.3) is 0 Å². The van der Waals surface area contributed by atoms with Crippen molar-refractivity contribution >= 4 is 29.1 Å². The lowest BCUT2D eigenvalue weighted by Crippen LogP contribution is -2.27. The van der Waals surface area contributed by atoms with Crippen LogP contribution in [0.4, 0.5) is 5.69 Å². The van der Waals surface area contributed by atoms with Crippen LogP contribution >= 0.6 is 11.6 Å². The Hall–Kier alpha value is -1.59. The van der Waals surface area contributed by atoms with Crippen LogP contribution in [0.15, 0.2) is 18.2 Å². The number of methoxy groups -OCH3 is 1. The molecule has 0 heterocycles. The third-order valence-electron chi connectivity index (χ3n) is 4.34. The highest BCUT2D eigenvalue weighted by atomic mass is 35.5. The molecule has 0 spiro atoms. The molecule has 0 saturated heterocycles. The third kappa shape index (κ3) is 5.80. The van der Waals surface area contributed by atoms with Gasteiger partial charge in [-0.05, 0) is 30.5 Å². The molecule has 5 nitrogen and oxygen atoms in total. The van der Waals surface area contributed by atoms with Gasteiger partial charge in [0.15, 0.2) is 0 Å². The summed E-state index contributed by atoms with van der Waals surface area (Å²) in [6.45, 7) is 0.865. The molecule has 1 aromatic carbocycles. The molecule has 0 aromatic heterocycles. The van der Waals surface area contributed by atoms with Gasteiger partial charge in [0, 0.05) is 25.8 Å². The summed E-state index contributed by atoms with van der Waals surface area (Å²) in [5, 5.41) is 5.88. The summed E-state index contributed by atoms with van der Waals surface area (Å²) in [5.74, 6) is 0.434. The number of carbonyl (C=O) groups is 2. The molecule has 0 unspecified atom stereocenters. The lowest BCUT2D eigenvalue weighted by molar-refractivity contribution is -0.116. The lowest BCUT2D eigenvalue weighted by Gasteiger charge is -2.11. The zero-order chi connectivity index (χ0) is 17.4. The van der Waals surface area contributed by atoms with Crippen molar-refractivity contribution in [1.29, 1.82) is 0 Å². The van der Waals surface area contributed by atoms with Crippen molar-refractivity contribution in [3.8, 4) is 0 Å². The van der Waals surface area contributed by atoms with Crippen molar-refractivity contribution in [2.45, 2.75) is 38.5 Å². The minimum absolute atomic E-state index is 0.00439. The van der Waals surface area contributed by atoms with Crippen LogP contribution in [0.5, 0.6) is 0 Å². The zero-order valence-electron chi connectivity index (χ0n) is 14.1. The number of anilines is 1. The van der Waals surface area contributed by atoms with E-state index in [2.05, 4.69) is 10.6 Å². The van der Waals surface area contributed by atoms with E-state index >= 15 is 0 Å². The zero-order valence-corrected chi connectivity index (χ0v) is 14.8. The fraction of sp³-hybridized carbons (Fsp3) is 0.556. The Morgan fingerprint density at radius 1 is 1.29 bits per heavy atom. The fourth-order valence-corrected chi connectivity index (χ4v) is 3.26. The standard InChI is InChI=1S/C18H25ClN2O3/c1-24-11-10-20-18(23)15-8-7-14(12-16(15)19)21-17(22)9-6-13-4-2-3-5-13/h7-8,12-13H,2-6,9-11H2,1H3,(H,20,23)(H,21,22). The van der Waals surface area contributed by atoms with Gasteiger partial charge in [-0.2, -0.15) is 0 Å². The summed E-state index contributed by atoms with van der Waals surface area (Å²) in [5.41, 5.74) is 1.00. The first-order valence-electron chi connectivity index (χ1n) is 8.46. The summed E-state index contributed by atoms with van der Waals surface area (Å²) in [6, 6.07) is 4.93. The molecule has 2 N–H and O–H groups in total. The maximum absolute atomic E-state index is 12.0. The van der Waals surface area contributed by atoms with Crippen LogP contribution in [0.2, 0.25) is 5.02 Å². The average Bonchev–Trinajstić information content (AvgIpc) is 3.06. The Morgan fingerprint density at radius 2 is 2.04 bits per heavy atom. The number of hydrogen-bond donors (Lipinski definition) is 2. The van der Waals surface area contributed by atoms with Crippen molar-refractivity contribution in [2.75, 3.05) is 25.6 Å². The molecule has 1 aromatic rings. The lowest BCUT2D eigenvalue weighted by atomic mass is 10.0. The summed E-state index contributed by atoms with van der Waals surface area (Å²) in [4.78, 5) is 24.0. The first kappa shape index (κ1) is 18.7. The van der Waals surface area contributed by atoms with Crippen molar-refractivity contribution in [3.63, 3.8) is 0 Å². The number of rotatable bonds is 8. The molecule has 0 radical (unpaired) electrons. The minimum Gasteiger partial charge on any atom is -0.383 e. The van der Waals surface area contributed by atoms with E-state index in [1.807, 2.05) is 0 Å². The number of hydrogen-bond acceptors (Lipinski definition) is 3. The molecule has 132 valence electrons. The molecule has 24 heavy (non-hydrogen) atoms. The Labute approximate surface area is 148 Å². The molecule has 0 bridgehead atoms. The molecular formula is C18H25ClN2O3. The van der Waals surface area contributed by atoms with Crippen LogP contribution in [0.3, 0.4) is 0 Å². The van der Waals surface area contributed by atoms with E-state index in [9.17, 15) is 9.59 Å². The van der Waals surface area contributed by atoms with Gasteiger partial charge in [0.25, 0.3) is 5.91 Å². The molecule has 1 saturated carbocycles. The van der Waals surface area contributed by atoms with E-state index in [1.54, 1.807) is 25.3 Å². The predicted octanol–water partition coefficient (Wildman–Crippen LogP) is 3.63. The Bertz CT molecular complexity index is 571. The molecule has 2 rings (SSSR count). The highest BCUT2D eigenvalue weighted by Gasteiger charge is 2.16. The van der Waals surface area contributed by atoms with E-state index in [1.165, 1.54) is 25.7 Å². The Morgan fingerprint density at radius 3 is 2.71 bits per heavy atom. The third-order valence-corrected chi connectivity index (χ3v) is 4.66. The second-order valence-corrected chi connectivity index (χ2v) is 6.59. The topological polar surface area (TPSA) is 67.4 Å². The van der Waals surface area contributed by atoms with Gasteiger partial charge in [0.05, 0.1) is 17.2 Å². The number of nitrogens with one attached hydrogen (secondary N) is 2. The molecule has 1 aliphatic rings. The van der Waals surface area contributed by atoms with Crippen LogP contribution in [-0.4, -0.2) is 32.1 Å². The van der Waals surface area contributed by atoms with Gasteiger partial charge in [-0.25, -0.2) is 0 Å². The van der Waals surface area contributed by atoms with Gasteiger partial charge in [0.2, 0.25) is 5.91 Å². The van der Waals surface area contributed by atoms with Gasteiger partial charge in [0.1, 0.15) is 0 Å². The first-order valence-corrected chi connectivity index (χ1v) is 8.84. The number of benzene rings is 1. The number of halogens is 1. The van der Waals surface area contributed by atoms with Crippen molar-refractivity contribution < 1.29 is 14.3 Å². The SMILES string of the molecule is COCCNC(=O)c1ccc(NC(=O)CCC2CCCC2)cc1Cl. The van der Waals surface area contributed by atoms with Crippen LogP contribution in [0.1, 0.15) is 48.9 Å². The van der Waals surface area contributed by atoms with Crippen LogP contribution < -0.4 is 10.6 Å². The van der Waals surface area contributed by atoms with E-state index in [0.29, 0.717) is 41.8 Å². The van der Waals surface area contributed by atoms with Crippen LogP contribution in [0, 0.1) is 5.92 Å². The van der Waals surface area contributed by atoms with Crippen molar-refractivity contribution in [3.05, 3.63) is 28.8 Å². The van der Waals surface area contributed by atoms with Crippen molar-refractivity contribution in [2.24, 2.45) is 5.92 Å². The largest absolute Gasteiger partial charge is 0.383 e. The summed E-state index contributed by atoms with van der Waals surface area (Å²) in [6.07, 6.45) is 6.53. The van der Waals surface area contributed by atoms with E-state index in [0.717, 1.165) is 6.42 Å². The van der Waals surface area contributed by atoms with E-state index < -0.39 is 0 Å². The van der Waals surface area contributed by atoms with E-state index in [4.69, 9.17) is 16.3 Å². The summed E-state index contributed by atoms with van der Waals surface area (Å²) in [7, 11) is 1.57. The Balaban J connectivity index is 1.84. The molecule has 2 amide bonds. The fourth-order valence-electron chi connectivity index (χ4n) is 3.00.